The van der Waals surface area contributed by atoms with Gasteiger partial charge in [-0.1, -0.05) is 6.92 Å². The molecular weight excluding hydrogens is 268 g/mol. The molecule has 0 aliphatic heterocycles. The highest BCUT2D eigenvalue weighted by Crippen LogP contribution is 2.22. The maximum atomic E-state index is 6.04. The second kappa shape index (κ2) is 9.52. The summed E-state index contributed by atoms with van der Waals surface area (Å²) in [5.41, 5.74) is 6.97. The average molecular weight is 296 g/mol. The highest BCUT2D eigenvalue weighted by Gasteiger charge is 2.15. The Bertz CT molecular complexity index is 426. The Morgan fingerprint density at radius 3 is 2.43 bits per heavy atom. The van der Waals surface area contributed by atoms with Crippen molar-refractivity contribution in [1.82, 2.24) is 9.97 Å². The number of ether oxygens (including phenoxy) is 2. The molecule has 6 nitrogen and oxygen atoms in total. The molecule has 0 atom stereocenters. The average Bonchev–Trinajstić information content (AvgIpc) is 2.47. The lowest BCUT2D eigenvalue weighted by molar-refractivity contribution is 0.191. The van der Waals surface area contributed by atoms with Gasteiger partial charge in [-0.3, -0.25) is 0 Å². The molecule has 0 aliphatic rings. The molecule has 1 aromatic heterocycles. The van der Waals surface area contributed by atoms with Gasteiger partial charge in [0.15, 0.2) is 0 Å². The van der Waals surface area contributed by atoms with Gasteiger partial charge in [0, 0.05) is 45.9 Å². The molecule has 0 unspecified atom stereocenters. The van der Waals surface area contributed by atoms with Crippen molar-refractivity contribution in [1.29, 1.82) is 0 Å². The zero-order valence-corrected chi connectivity index (χ0v) is 13.7. The molecule has 1 aromatic rings. The molecule has 1 heterocycles. The van der Waals surface area contributed by atoms with E-state index in [0.717, 1.165) is 56.2 Å². The third kappa shape index (κ3) is 5.47. The summed E-state index contributed by atoms with van der Waals surface area (Å²) in [7, 11) is 3.42. The number of methoxy groups -OCH3 is 2. The highest BCUT2D eigenvalue weighted by molar-refractivity contribution is 5.56. The molecule has 2 N–H and O–H groups in total. The minimum atomic E-state index is 0.567. The summed E-state index contributed by atoms with van der Waals surface area (Å²) in [6.07, 6.45) is 2.78. The first-order chi connectivity index (χ1) is 10.1. The molecule has 0 amide bonds. The van der Waals surface area contributed by atoms with E-state index in [4.69, 9.17) is 20.2 Å². The lowest BCUT2D eigenvalue weighted by Gasteiger charge is -2.25. The van der Waals surface area contributed by atoms with E-state index in [-0.39, 0.29) is 0 Å². The summed E-state index contributed by atoms with van der Waals surface area (Å²) >= 11 is 0. The summed E-state index contributed by atoms with van der Waals surface area (Å²) in [5, 5.41) is 0. The van der Waals surface area contributed by atoms with Crippen LogP contribution >= 0.6 is 0 Å². The number of hydrogen-bond acceptors (Lipinski definition) is 6. The number of nitrogens with two attached hydrogens (primary N) is 1. The molecule has 0 aromatic carbocycles. The van der Waals surface area contributed by atoms with Crippen molar-refractivity contribution in [2.75, 3.05) is 51.2 Å². The standard InChI is InChI=1S/C15H28N4O2/c1-5-7-13-17-14(16)12(2)15(18-13)19(9-11-21-4)8-6-10-20-3/h5-11H2,1-4H3,(H2,16,17,18). The summed E-state index contributed by atoms with van der Waals surface area (Å²) in [6.45, 7) is 7.10. The zero-order valence-electron chi connectivity index (χ0n) is 13.7. The number of rotatable bonds is 10. The minimum Gasteiger partial charge on any atom is -0.385 e. The van der Waals surface area contributed by atoms with Gasteiger partial charge in [-0.25, -0.2) is 9.97 Å². The van der Waals surface area contributed by atoms with Crippen molar-refractivity contribution < 1.29 is 9.47 Å². The van der Waals surface area contributed by atoms with E-state index < -0.39 is 0 Å². The van der Waals surface area contributed by atoms with Gasteiger partial charge in [0.1, 0.15) is 17.5 Å². The molecule has 1 rings (SSSR count). The highest BCUT2D eigenvalue weighted by atomic mass is 16.5. The summed E-state index contributed by atoms with van der Waals surface area (Å²) in [5.74, 6) is 2.29. The van der Waals surface area contributed by atoms with E-state index in [9.17, 15) is 0 Å². The molecule has 0 saturated heterocycles. The van der Waals surface area contributed by atoms with Crippen LogP contribution in [-0.2, 0) is 15.9 Å². The molecule has 0 radical (unpaired) electrons. The largest absolute Gasteiger partial charge is 0.385 e. The number of nitrogen functional groups attached to an aromatic ring is 1. The van der Waals surface area contributed by atoms with Crippen molar-refractivity contribution in [3.05, 3.63) is 11.4 Å². The predicted octanol–water partition coefficient (Wildman–Crippen LogP) is 1.81. The van der Waals surface area contributed by atoms with Crippen molar-refractivity contribution in [2.45, 2.75) is 33.1 Å². The fraction of sp³-hybridized carbons (Fsp3) is 0.733. The first-order valence-corrected chi connectivity index (χ1v) is 7.49. The molecule has 21 heavy (non-hydrogen) atoms. The van der Waals surface area contributed by atoms with E-state index in [0.29, 0.717) is 12.4 Å². The number of aryl methyl sites for hydroxylation is 1. The lowest BCUT2D eigenvalue weighted by Crippen LogP contribution is -2.31. The fourth-order valence-electron chi connectivity index (χ4n) is 2.14. The third-order valence-corrected chi connectivity index (χ3v) is 3.32. The Labute approximate surface area is 127 Å². The third-order valence-electron chi connectivity index (χ3n) is 3.32. The first kappa shape index (κ1) is 17.7. The normalized spacial score (nSPS) is 10.9. The van der Waals surface area contributed by atoms with E-state index >= 15 is 0 Å². The quantitative estimate of drug-likeness (QED) is 0.664. The van der Waals surface area contributed by atoms with Crippen LogP contribution in [0.5, 0.6) is 0 Å². The van der Waals surface area contributed by atoms with Crippen LogP contribution in [-0.4, -0.2) is 50.5 Å². The molecule has 6 heteroatoms. The number of aromatic nitrogens is 2. The maximum Gasteiger partial charge on any atom is 0.137 e. The van der Waals surface area contributed by atoms with E-state index in [1.54, 1.807) is 14.2 Å². The topological polar surface area (TPSA) is 73.5 Å². The monoisotopic (exact) mass is 296 g/mol. The van der Waals surface area contributed by atoms with Gasteiger partial charge in [-0.2, -0.15) is 0 Å². The van der Waals surface area contributed by atoms with Crippen LogP contribution in [0.2, 0.25) is 0 Å². The van der Waals surface area contributed by atoms with E-state index in [1.807, 2.05) is 6.92 Å². The summed E-state index contributed by atoms with van der Waals surface area (Å²) < 4.78 is 10.3. The van der Waals surface area contributed by atoms with Gasteiger partial charge in [-0.05, 0) is 19.8 Å². The first-order valence-electron chi connectivity index (χ1n) is 7.49. The lowest BCUT2D eigenvalue weighted by atomic mass is 10.2. The van der Waals surface area contributed by atoms with Gasteiger partial charge >= 0.3 is 0 Å². The van der Waals surface area contributed by atoms with E-state index in [2.05, 4.69) is 16.8 Å². The predicted molar refractivity (Wildman–Crippen MR) is 85.8 cm³/mol. The van der Waals surface area contributed by atoms with Crippen molar-refractivity contribution in [2.24, 2.45) is 0 Å². The number of nitrogens with zero attached hydrogens (tertiary/aromatic N) is 3. The summed E-state index contributed by atoms with van der Waals surface area (Å²) in [4.78, 5) is 11.3. The molecule has 120 valence electrons. The molecular formula is C15H28N4O2. The second-order valence-corrected chi connectivity index (χ2v) is 5.05. The number of hydrogen-bond donors (Lipinski definition) is 1. The summed E-state index contributed by atoms with van der Waals surface area (Å²) in [6, 6.07) is 0. The fourth-order valence-corrected chi connectivity index (χ4v) is 2.14. The van der Waals surface area contributed by atoms with E-state index in [1.165, 1.54) is 0 Å². The molecule has 0 aliphatic carbocycles. The van der Waals surface area contributed by atoms with Crippen LogP contribution in [0.4, 0.5) is 11.6 Å². The molecule has 0 bridgehead atoms. The second-order valence-electron chi connectivity index (χ2n) is 5.05. The van der Waals surface area contributed by atoms with Gasteiger partial charge < -0.3 is 20.1 Å². The van der Waals surface area contributed by atoms with Crippen molar-refractivity contribution in [3.63, 3.8) is 0 Å². The SMILES string of the molecule is CCCc1nc(N)c(C)c(N(CCCOC)CCOC)n1. The Morgan fingerprint density at radius 1 is 1.10 bits per heavy atom. The van der Waals surface area contributed by atoms with Gasteiger partial charge in [-0.15, -0.1) is 0 Å². The van der Waals surface area contributed by atoms with Crippen LogP contribution in [0.3, 0.4) is 0 Å². The Morgan fingerprint density at radius 2 is 1.81 bits per heavy atom. The molecule has 0 spiro atoms. The van der Waals surface area contributed by atoms with Gasteiger partial charge in [0.05, 0.1) is 6.61 Å². The number of anilines is 2. The van der Waals surface area contributed by atoms with Crippen molar-refractivity contribution in [3.8, 4) is 0 Å². The Hall–Kier alpha value is -1.40. The Balaban J connectivity index is 2.97. The van der Waals surface area contributed by atoms with Crippen LogP contribution in [0.25, 0.3) is 0 Å². The van der Waals surface area contributed by atoms with Crippen LogP contribution in [0, 0.1) is 6.92 Å². The van der Waals surface area contributed by atoms with Gasteiger partial charge in [0.2, 0.25) is 0 Å². The zero-order chi connectivity index (χ0) is 15.7. The Kier molecular flexibility index (Phi) is 8.00. The molecule has 0 saturated carbocycles. The van der Waals surface area contributed by atoms with Crippen molar-refractivity contribution >= 4 is 11.6 Å². The maximum absolute atomic E-state index is 6.04. The smallest absolute Gasteiger partial charge is 0.137 e. The van der Waals surface area contributed by atoms with Crippen LogP contribution in [0.1, 0.15) is 31.2 Å². The van der Waals surface area contributed by atoms with Crippen LogP contribution in [0.15, 0.2) is 0 Å². The minimum absolute atomic E-state index is 0.567. The molecule has 0 fully saturated rings. The van der Waals surface area contributed by atoms with Crippen LogP contribution < -0.4 is 10.6 Å². The van der Waals surface area contributed by atoms with Gasteiger partial charge in [0.25, 0.3) is 0 Å².